The van der Waals surface area contributed by atoms with E-state index in [1.165, 1.54) is 11.3 Å². The number of carbonyl (C=O) groups is 1. The Bertz CT molecular complexity index is 789. The molecule has 0 spiro atoms. The molecule has 144 valence electrons. The fourth-order valence-electron chi connectivity index (χ4n) is 3.24. The van der Waals surface area contributed by atoms with E-state index in [9.17, 15) is 4.79 Å². The van der Waals surface area contributed by atoms with Gasteiger partial charge in [-0.15, -0.1) is 11.3 Å². The van der Waals surface area contributed by atoms with Crippen LogP contribution in [0.4, 0.5) is 0 Å². The van der Waals surface area contributed by atoms with Gasteiger partial charge in [0.05, 0.1) is 12.1 Å². The van der Waals surface area contributed by atoms with Gasteiger partial charge < -0.3 is 25.0 Å². The number of benzene rings is 1. The van der Waals surface area contributed by atoms with Gasteiger partial charge in [-0.25, -0.2) is 4.98 Å². The van der Waals surface area contributed by atoms with E-state index in [1.807, 2.05) is 23.6 Å². The number of aromatic nitrogens is 1. The zero-order valence-electron chi connectivity index (χ0n) is 15.2. The van der Waals surface area contributed by atoms with Crippen LogP contribution in [0.5, 0.6) is 11.5 Å². The average molecular weight is 388 g/mol. The predicted octanol–water partition coefficient (Wildman–Crippen LogP) is 1.49. The number of rotatable bonds is 7. The first kappa shape index (κ1) is 18.2. The van der Waals surface area contributed by atoms with E-state index in [0.29, 0.717) is 13.0 Å². The third kappa shape index (κ3) is 4.77. The molecule has 0 radical (unpaired) electrons. The SMILES string of the molecule is O=C(Cc1csc(-c2ccc3c(c2)OCO3)n1)NCCCN1CCNCC1. The van der Waals surface area contributed by atoms with E-state index >= 15 is 0 Å². The number of ether oxygens (including phenoxy) is 2. The van der Waals surface area contributed by atoms with Gasteiger partial charge >= 0.3 is 0 Å². The molecular weight excluding hydrogens is 364 g/mol. The van der Waals surface area contributed by atoms with Crippen molar-refractivity contribution in [3.63, 3.8) is 0 Å². The van der Waals surface area contributed by atoms with Crippen LogP contribution < -0.4 is 20.1 Å². The topological polar surface area (TPSA) is 75.7 Å². The molecule has 2 aliphatic heterocycles. The third-order valence-electron chi connectivity index (χ3n) is 4.70. The highest BCUT2D eigenvalue weighted by molar-refractivity contribution is 7.13. The van der Waals surface area contributed by atoms with Crippen molar-refractivity contribution in [2.75, 3.05) is 46.1 Å². The normalized spacial score (nSPS) is 16.4. The van der Waals surface area contributed by atoms with Gasteiger partial charge in [-0.05, 0) is 31.2 Å². The predicted molar refractivity (Wildman–Crippen MR) is 104 cm³/mol. The van der Waals surface area contributed by atoms with E-state index in [1.54, 1.807) is 0 Å². The highest BCUT2D eigenvalue weighted by Crippen LogP contribution is 2.36. The summed E-state index contributed by atoms with van der Waals surface area (Å²) < 4.78 is 10.7. The number of carbonyl (C=O) groups excluding carboxylic acids is 1. The first-order valence-electron chi connectivity index (χ1n) is 9.32. The Morgan fingerprint density at radius 3 is 3.00 bits per heavy atom. The Hall–Kier alpha value is -2.16. The monoisotopic (exact) mass is 388 g/mol. The number of hydrogen-bond donors (Lipinski definition) is 2. The van der Waals surface area contributed by atoms with Crippen molar-refractivity contribution in [1.29, 1.82) is 0 Å². The molecule has 8 heteroatoms. The summed E-state index contributed by atoms with van der Waals surface area (Å²) in [5.41, 5.74) is 1.78. The van der Waals surface area contributed by atoms with Crippen molar-refractivity contribution in [3.8, 4) is 22.1 Å². The van der Waals surface area contributed by atoms with Crippen molar-refractivity contribution in [1.82, 2.24) is 20.5 Å². The van der Waals surface area contributed by atoms with Crippen LogP contribution in [0, 0.1) is 0 Å². The summed E-state index contributed by atoms with van der Waals surface area (Å²) in [7, 11) is 0. The summed E-state index contributed by atoms with van der Waals surface area (Å²) in [6.07, 6.45) is 1.29. The number of nitrogens with zero attached hydrogens (tertiary/aromatic N) is 2. The van der Waals surface area contributed by atoms with E-state index in [-0.39, 0.29) is 12.7 Å². The molecule has 0 aliphatic carbocycles. The Morgan fingerprint density at radius 1 is 1.26 bits per heavy atom. The fraction of sp³-hybridized carbons (Fsp3) is 0.474. The Labute approximate surface area is 162 Å². The summed E-state index contributed by atoms with van der Waals surface area (Å²) in [5.74, 6) is 1.53. The molecule has 3 heterocycles. The molecular formula is C19H24N4O3S. The van der Waals surface area contributed by atoms with Crippen molar-refractivity contribution < 1.29 is 14.3 Å². The molecule has 1 fully saturated rings. The maximum atomic E-state index is 12.2. The molecule has 1 aromatic carbocycles. The second-order valence-electron chi connectivity index (χ2n) is 6.68. The fourth-order valence-corrected chi connectivity index (χ4v) is 4.06. The van der Waals surface area contributed by atoms with Gasteiger partial charge in [0.15, 0.2) is 11.5 Å². The molecule has 4 rings (SSSR count). The molecule has 2 aromatic rings. The van der Waals surface area contributed by atoms with Crippen LogP contribution in [-0.2, 0) is 11.2 Å². The highest BCUT2D eigenvalue weighted by atomic mass is 32.1. The molecule has 27 heavy (non-hydrogen) atoms. The maximum Gasteiger partial charge on any atom is 0.231 e. The second-order valence-corrected chi connectivity index (χ2v) is 7.54. The minimum atomic E-state index is 0.0258. The minimum Gasteiger partial charge on any atom is -0.454 e. The van der Waals surface area contributed by atoms with Crippen LogP contribution in [0.15, 0.2) is 23.6 Å². The van der Waals surface area contributed by atoms with Crippen molar-refractivity contribution in [2.24, 2.45) is 0 Å². The first-order chi connectivity index (χ1) is 13.3. The maximum absolute atomic E-state index is 12.2. The lowest BCUT2D eigenvalue weighted by atomic mass is 10.2. The van der Waals surface area contributed by atoms with Crippen molar-refractivity contribution in [3.05, 3.63) is 29.3 Å². The summed E-state index contributed by atoms with van der Waals surface area (Å²) in [4.78, 5) is 19.2. The molecule has 2 aliphatic rings. The Kier molecular flexibility index (Phi) is 5.86. The number of fused-ring (bicyclic) bond motifs is 1. The summed E-state index contributed by atoms with van der Waals surface area (Å²) in [6, 6.07) is 5.79. The lowest BCUT2D eigenvalue weighted by Gasteiger charge is -2.27. The summed E-state index contributed by atoms with van der Waals surface area (Å²) >= 11 is 1.54. The molecule has 2 N–H and O–H groups in total. The highest BCUT2D eigenvalue weighted by Gasteiger charge is 2.16. The number of hydrogen-bond acceptors (Lipinski definition) is 7. The molecule has 1 aromatic heterocycles. The molecule has 0 unspecified atom stereocenters. The second kappa shape index (κ2) is 8.69. The van der Waals surface area contributed by atoms with Gasteiger partial charge in [0.25, 0.3) is 0 Å². The molecule has 1 saturated heterocycles. The van der Waals surface area contributed by atoms with Gasteiger partial charge in [-0.3, -0.25) is 4.79 Å². The van der Waals surface area contributed by atoms with Crippen LogP contribution in [0.1, 0.15) is 12.1 Å². The van der Waals surface area contributed by atoms with Crippen LogP contribution in [-0.4, -0.2) is 61.9 Å². The first-order valence-corrected chi connectivity index (χ1v) is 10.2. The Balaban J connectivity index is 1.23. The van der Waals surface area contributed by atoms with Crippen LogP contribution in [0.3, 0.4) is 0 Å². The number of nitrogens with one attached hydrogen (secondary N) is 2. The van der Waals surface area contributed by atoms with Gasteiger partial charge in [-0.2, -0.15) is 0 Å². The third-order valence-corrected chi connectivity index (χ3v) is 5.64. The van der Waals surface area contributed by atoms with Gasteiger partial charge in [-0.1, -0.05) is 0 Å². The zero-order chi connectivity index (χ0) is 18.5. The van der Waals surface area contributed by atoms with Crippen molar-refractivity contribution in [2.45, 2.75) is 12.8 Å². The number of piperazine rings is 1. The largest absolute Gasteiger partial charge is 0.454 e. The number of thiazole rings is 1. The molecule has 0 saturated carbocycles. The summed E-state index contributed by atoms with van der Waals surface area (Å²) in [6.45, 7) is 6.31. The van der Waals surface area contributed by atoms with E-state index < -0.39 is 0 Å². The van der Waals surface area contributed by atoms with E-state index in [0.717, 1.165) is 66.9 Å². The lowest BCUT2D eigenvalue weighted by molar-refractivity contribution is -0.120. The molecule has 7 nitrogen and oxygen atoms in total. The minimum absolute atomic E-state index is 0.0258. The smallest absolute Gasteiger partial charge is 0.231 e. The zero-order valence-corrected chi connectivity index (χ0v) is 16.0. The molecule has 0 bridgehead atoms. The van der Waals surface area contributed by atoms with Crippen LogP contribution in [0.2, 0.25) is 0 Å². The van der Waals surface area contributed by atoms with Gasteiger partial charge in [0.1, 0.15) is 5.01 Å². The van der Waals surface area contributed by atoms with Crippen molar-refractivity contribution >= 4 is 17.2 Å². The number of amides is 1. The average Bonchev–Trinajstić information content (AvgIpc) is 3.34. The molecule has 1 amide bonds. The standard InChI is InChI=1S/C19H24N4O3S/c24-18(21-4-1-7-23-8-5-20-6-9-23)11-15-12-27-19(22-15)14-2-3-16-17(10-14)26-13-25-16/h2-3,10,12,20H,1,4-9,11,13H2,(H,21,24). The lowest BCUT2D eigenvalue weighted by Crippen LogP contribution is -2.44. The van der Waals surface area contributed by atoms with E-state index in [2.05, 4.69) is 20.5 Å². The molecule has 0 atom stereocenters. The van der Waals surface area contributed by atoms with E-state index in [4.69, 9.17) is 9.47 Å². The summed E-state index contributed by atoms with van der Waals surface area (Å²) in [5, 5.41) is 9.18. The van der Waals surface area contributed by atoms with Crippen LogP contribution >= 0.6 is 11.3 Å². The Morgan fingerprint density at radius 2 is 2.11 bits per heavy atom. The van der Waals surface area contributed by atoms with Crippen LogP contribution in [0.25, 0.3) is 10.6 Å². The van der Waals surface area contributed by atoms with Gasteiger partial charge in [0, 0.05) is 43.7 Å². The van der Waals surface area contributed by atoms with Gasteiger partial charge in [0.2, 0.25) is 12.7 Å². The quantitative estimate of drug-likeness (QED) is 0.700.